The first kappa shape index (κ1) is 16.0. The van der Waals surface area contributed by atoms with E-state index < -0.39 is 4.92 Å². The average molecular weight is 345 g/mol. The van der Waals surface area contributed by atoms with Crippen molar-refractivity contribution < 1.29 is 14.4 Å². The molecule has 3 aromatic rings. The molecule has 1 heterocycles. The second-order valence-electron chi connectivity index (χ2n) is 4.99. The van der Waals surface area contributed by atoms with E-state index in [4.69, 9.17) is 21.1 Å². The van der Waals surface area contributed by atoms with Gasteiger partial charge in [0, 0.05) is 28.2 Å². The summed E-state index contributed by atoms with van der Waals surface area (Å²) in [5.41, 5.74) is 1.55. The lowest BCUT2D eigenvalue weighted by Gasteiger charge is -2.12. The van der Waals surface area contributed by atoms with Gasteiger partial charge in [0.25, 0.3) is 5.69 Å². The summed E-state index contributed by atoms with van der Waals surface area (Å²) in [6.45, 7) is 0.235. The molecule has 6 nitrogen and oxygen atoms in total. The highest BCUT2D eigenvalue weighted by Crippen LogP contribution is 2.32. The van der Waals surface area contributed by atoms with E-state index in [1.165, 1.54) is 25.3 Å². The minimum atomic E-state index is -0.483. The second-order valence-corrected chi connectivity index (χ2v) is 5.39. The van der Waals surface area contributed by atoms with Crippen LogP contribution >= 0.6 is 11.6 Å². The van der Waals surface area contributed by atoms with Gasteiger partial charge in [0.1, 0.15) is 6.61 Å². The predicted octanol–water partition coefficient (Wildman–Crippen LogP) is 4.38. The molecule has 122 valence electrons. The number of nitro groups is 1. The number of aromatic nitrogens is 1. The molecule has 0 radical (unpaired) electrons. The highest BCUT2D eigenvalue weighted by molar-refractivity contribution is 6.35. The monoisotopic (exact) mass is 344 g/mol. The summed E-state index contributed by atoms with van der Waals surface area (Å²) in [4.78, 5) is 14.7. The van der Waals surface area contributed by atoms with Gasteiger partial charge in [0.05, 0.1) is 23.6 Å². The maximum Gasteiger partial charge on any atom is 0.273 e. The number of pyridine rings is 1. The van der Waals surface area contributed by atoms with Crippen molar-refractivity contribution in [3.8, 4) is 11.5 Å². The smallest absolute Gasteiger partial charge is 0.273 e. The van der Waals surface area contributed by atoms with E-state index in [0.29, 0.717) is 16.5 Å². The molecule has 0 aliphatic rings. The van der Waals surface area contributed by atoms with Gasteiger partial charge in [-0.1, -0.05) is 17.7 Å². The van der Waals surface area contributed by atoms with Crippen molar-refractivity contribution in [1.29, 1.82) is 0 Å². The summed E-state index contributed by atoms with van der Waals surface area (Å²) >= 11 is 6.18. The van der Waals surface area contributed by atoms with Crippen LogP contribution in [0.3, 0.4) is 0 Å². The van der Waals surface area contributed by atoms with E-state index in [9.17, 15) is 10.1 Å². The van der Waals surface area contributed by atoms with Crippen LogP contribution in [0.4, 0.5) is 5.69 Å². The third-order valence-corrected chi connectivity index (χ3v) is 3.87. The molecule has 0 saturated carbocycles. The zero-order valence-corrected chi connectivity index (χ0v) is 13.5. The van der Waals surface area contributed by atoms with E-state index in [1.807, 2.05) is 18.2 Å². The van der Waals surface area contributed by atoms with E-state index in [-0.39, 0.29) is 12.3 Å². The van der Waals surface area contributed by atoms with Crippen LogP contribution in [0.15, 0.2) is 48.7 Å². The largest absolute Gasteiger partial charge is 0.493 e. The van der Waals surface area contributed by atoms with Crippen LogP contribution in [-0.2, 0) is 6.61 Å². The number of hydrogen-bond donors (Lipinski definition) is 0. The second kappa shape index (κ2) is 6.72. The lowest BCUT2D eigenvalue weighted by molar-refractivity contribution is -0.385. The van der Waals surface area contributed by atoms with Crippen LogP contribution in [0.2, 0.25) is 5.02 Å². The number of nitro benzene ring substituents is 1. The molecule has 0 saturated heterocycles. The quantitative estimate of drug-likeness (QED) is 0.507. The van der Waals surface area contributed by atoms with Gasteiger partial charge in [-0.3, -0.25) is 15.1 Å². The van der Waals surface area contributed by atoms with Gasteiger partial charge in [0.15, 0.2) is 11.5 Å². The van der Waals surface area contributed by atoms with Crippen LogP contribution in [0, 0.1) is 10.1 Å². The van der Waals surface area contributed by atoms with Crippen LogP contribution in [-0.4, -0.2) is 17.0 Å². The molecule has 7 heteroatoms. The molecular weight excluding hydrogens is 332 g/mol. The predicted molar refractivity (Wildman–Crippen MR) is 90.7 cm³/mol. The Bertz CT molecular complexity index is 914. The van der Waals surface area contributed by atoms with E-state index in [0.717, 1.165) is 16.5 Å². The lowest BCUT2D eigenvalue weighted by Crippen LogP contribution is -2.00. The number of benzene rings is 2. The van der Waals surface area contributed by atoms with Crippen molar-refractivity contribution in [3.05, 3.63) is 69.4 Å². The Kier molecular flexibility index (Phi) is 4.48. The van der Waals surface area contributed by atoms with Crippen LogP contribution < -0.4 is 9.47 Å². The van der Waals surface area contributed by atoms with Gasteiger partial charge >= 0.3 is 0 Å². The summed E-state index contributed by atoms with van der Waals surface area (Å²) in [6, 6.07) is 11.6. The summed E-state index contributed by atoms with van der Waals surface area (Å²) in [5, 5.41) is 12.3. The number of nitrogens with zero attached hydrogens (tertiary/aromatic N) is 2. The number of non-ortho nitro benzene ring substituents is 1. The van der Waals surface area contributed by atoms with Crippen LogP contribution in [0.1, 0.15) is 5.56 Å². The highest BCUT2D eigenvalue weighted by atomic mass is 35.5. The van der Waals surface area contributed by atoms with Crippen molar-refractivity contribution in [2.75, 3.05) is 7.11 Å². The number of hydrogen-bond acceptors (Lipinski definition) is 5. The fourth-order valence-electron chi connectivity index (χ4n) is 2.36. The van der Waals surface area contributed by atoms with Crippen LogP contribution in [0.5, 0.6) is 11.5 Å². The Balaban J connectivity index is 1.89. The topological polar surface area (TPSA) is 74.5 Å². The first-order valence-electron chi connectivity index (χ1n) is 7.07. The van der Waals surface area contributed by atoms with E-state index >= 15 is 0 Å². The first-order valence-corrected chi connectivity index (χ1v) is 7.45. The number of ether oxygens (including phenoxy) is 2. The van der Waals surface area contributed by atoms with Gasteiger partial charge < -0.3 is 9.47 Å². The van der Waals surface area contributed by atoms with Crippen molar-refractivity contribution >= 4 is 28.2 Å². The minimum Gasteiger partial charge on any atom is -0.493 e. The average Bonchev–Trinajstić information content (AvgIpc) is 2.61. The van der Waals surface area contributed by atoms with Crippen molar-refractivity contribution in [2.45, 2.75) is 6.61 Å². The van der Waals surface area contributed by atoms with E-state index in [2.05, 4.69) is 4.98 Å². The molecule has 2 aromatic carbocycles. The maximum absolute atomic E-state index is 10.8. The molecule has 1 aromatic heterocycles. The van der Waals surface area contributed by atoms with Gasteiger partial charge in [0.2, 0.25) is 0 Å². The lowest BCUT2D eigenvalue weighted by atomic mass is 10.1. The molecule has 0 bridgehead atoms. The molecule has 0 spiro atoms. The van der Waals surface area contributed by atoms with Crippen molar-refractivity contribution in [1.82, 2.24) is 4.98 Å². The molecule has 0 N–H and O–H groups in total. The summed E-state index contributed by atoms with van der Waals surface area (Å²) in [6.07, 6.45) is 1.69. The third kappa shape index (κ3) is 3.09. The maximum atomic E-state index is 10.8. The normalized spacial score (nSPS) is 10.6. The molecule has 0 atom stereocenters. The van der Waals surface area contributed by atoms with Crippen LogP contribution in [0.25, 0.3) is 10.9 Å². The SMILES string of the molecule is COc1cc([N+](=O)[O-])ccc1OCc1ccc(Cl)c2cccnc12. The molecule has 0 unspecified atom stereocenters. The molecule has 0 aliphatic heterocycles. The highest BCUT2D eigenvalue weighted by Gasteiger charge is 2.13. The summed E-state index contributed by atoms with van der Waals surface area (Å²) in [5.74, 6) is 0.720. The van der Waals surface area contributed by atoms with Gasteiger partial charge in [-0.15, -0.1) is 0 Å². The standard InChI is InChI=1S/C17H13ClN2O4/c1-23-16-9-12(20(21)22)5-7-15(16)24-10-11-4-6-14(18)13-3-2-8-19-17(11)13/h2-9H,10H2,1H3. The van der Waals surface area contributed by atoms with Gasteiger partial charge in [-0.25, -0.2) is 0 Å². The number of rotatable bonds is 5. The van der Waals surface area contributed by atoms with Crippen molar-refractivity contribution in [3.63, 3.8) is 0 Å². The Labute approximate surface area is 142 Å². The molecule has 3 rings (SSSR count). The number of halogens is 1. The number of fused-ring (bicyclic) bond motifs is 1. The van der Waals surface area contributed by atoms with Gasteiger partial charge in [-0.05, 0) is 24.3 Å². The summed E-state index contributed by atoms with van der Waals surface area (Å²) in [7, 11) is 1.44. The molecular formula is C17H13ClN2O4. The third-order valence-electron chi connectivity index (χ3n) is 3.54. The Morgan fingerprint density at radius 2 is 2.04 bits per heavy atom. The first-order chi connectivity index (χ1) is 11.6. The minimum absolute atomic E-state index is 0.0576. The zero-order chi connectivity index (χ0) is 17.1. The Morgan fingerprint density at radius 1 is 1.21 bits per heavy atom. The van der Waals surface area contributed by atoms with E-state index in [1.54, 1.807) is 12.3 Å². The van der Waals surface area contributed by atoms with Crippen molar-refractivity contribution in [2.24, 2.45) is 0 Å². The molecule has 0 fully saturated rings. The molecule has 0 aliphatic carbocycles. The Morgan fingerprint density at radius 3 is 2.79 bits per heavy atom. The molecule has 0 amide bonds. The Hall–Kier alpha value is -2.86. The fraction of sp³-hybridized carbons (Fsp3) is 0.118. The number of methoxy groups -OCH3 is 1. The summed E-state index contributed by atoms with van der Waals surface area (Å²) < 4.78 is 10.9. The zero-order valence-electron chi connectivity index (χ0n) is 12.7. The molecule has 24 heavy (non-hydrogen) atoms. The fourth-order valence-corrected chi connectivity index (χ4v) is 2.57. The van der Waals surface area contributed by atoms with Gasteiger partial charge in [-0.2, -0.15) is 0 Å².